The van der Waals surface area contributed by atoms with Crippen molar-refractivity contribution in [2.24, 2.45) is 0 Å². The molecule has 6 heteroatoms. The van der Waals surface area contributed by atoms with Gasteiger partial charge in [-0.2, -0.15) is 0 Å². The minimum atomic E-state index is -0.682. The van der Waals surface area contributed by atoms with Crippen molar-refractivity contribution in [3.8, 4) is 5.75 Å². The van der Waals surface area contributed by atoms with Crippen molar-refractivity contribution in [1.29, 1.82) is 0 Å². The molecule has 0 aliphatic carbocycles. The second kappa shape index (κ2) is 9.40. The Morgan fingerprint density at radius 1 is 1.19 bits per heavy atom. The van der Waals surface area contributed by atoms with Crippen LogP contribution in [-0.4, -0.2) is 47.6 Å². The van der Waals surface area contributed by atoms with E-state index in [1.165, 1.54) is 4.90 Å². The molecule has 0 bridgehead atoms. The predicted molar refractivity (Wildman–Crippen MR) is 121 cm³/mol. The molecule has 0 radical (unpaired) electrons. The molecule has 2 saturated heterocycles. The number of carbonyl (C=O) groups is 2. The highest BCUT2D eigenvalue weighted by molar-refractivity contribution is 6.46. The molecule has 166 valence electrons. The summed E-state index contributed by atoms with van der Waals surface area (Å²) in [5, 5.41) is 11.1. The molecule has 1 amide bonds. The number of likely N-dealkylation sites (tertiary alicyclic amines) is 1. The maximum atomic E-state index is 13.1. The molecule has 0 aromatic heterocycles. The quantitative estimate of drug-likeness (QED) is 0.307. The van der Waals surface area contributed by atoms with Crippen molar-refractivity contribution < 1.29 is 24.2 Å². The first kappa shape index (κ1) is 21.8. The molecular weight excluding hydrogens is 406 g/mol. The van der Waals surface area contributed by atoms with Crippen LogP contribution in [0, 0.1) is 6.92 Å². The highest BCUT2D eigenvalue weighted by Gasteiger charge is 2.47. The van der Waals surface area contributed by atoms with Gasteiger partial charge in [0.15, 0.2) is 0 Å². The topological polar surface area (TPSA) is 76.1 Å². The SMILES string of the molecule is C=CCOc1ccc(C(O)=C2C(=O)C(=O)N(CC3CCCO3)C2c2ccc(C)cc2)cc1. The Morgan fingerprint density at radius 3 is 2.53 bits per heavy atom. The van der Waals surface area contributed by atoms with Crippen molar-refractivity contribution in [2.75, 3.05) is 19.8 Å². The summed E-state index contributed by atoms with van der Waals surface area (Å²) in [5.41, 5.74) is 2.39. The number of nitrogens with zero attached hydrogens (tertiary/aromatic N) is 1. The number of aliphatic hydroxyl groups excluding tert-OH is 1. The number of hydrogen-bond acceptors (Lipinski definition) is 5. The monoisotopic (exact) mass is 433 g/mol. The van der Waals surface area contributed by atoms with Crippen molar-refractivity contribution in [3.63, 3.8) is 0 Å². The summed E-state index contributed by atoms with van der Waals surface area (Å²) in [4.78, 5) is 27.6. The molecule has 2 heterocycles. The van der Waals surface area contributed by atoms with Gasteiger partial charge < -0.3 is 19.5 Å². The lowest BCUT2D eigenvalue weighted by molar-refractivity contribution is -0.140. The smallest absolute Gasteiger partial charge is 0.295 e. The van der Waals surface area contributed by atoms with Gasteiger partial charge in [-0.25, -0.2) is 0 Å². The first-order valence-corrected chi connectivity index (χ1v) is 10.8. The number of rotatable bonds is 7. The molecule has 2 aliphatic heterocycles. The van der Waals surface area contributed by atoms with Gasteiger partial charge in [-0.3, -0.25) is 9.59 Å². The Morgan fingerprint density at radius 2 is 1.91 bits per heavy atom. The summed E-state index contributed by atoms with van der Waals surface area (Å²) in [5.74, 6) is -0.869. The average molecular weight is 434 g/mol. The maximum absolute atomic E-state index is 13.1. The zero-order valence-corrected chi connectivity index (χ0v) is 18.1. The van der Waals surface area contributed by atoms with Gasteiger partial charge in [0.05, 0.1) is 17.7 Å². The van der Waals surface area contributed by atoms with Crippen LogP contribution in [0.15, 0.2) is 66.8 Å². The fourth-order valence-electron chi connectivity index (χ4n) is 4.19. The van der Waals surface area contributed by atoms with Gasteiger partial charge in [-0.1, -0.05) is 42.5 Å². The zero-order chi connectivity index (χ0) is 22.7. The highest BCUT2D eigenvalue weighted by atomic mass is 16.5. The van der Waals surface area contributed by atoms with E-state index in [0.29, 0.717) is 31.1 Å². The summed E-state index contributed by atoms with van der Waals surface area (Å²) in [6.07, 6.45) is 3.31. The second-order valence-corrected chi connectivity index (χ2v) is 8.12. The second-order valence-electron chi connectivity index (χ2n) is 8.12. The van der Waals surface area contributed by atoms with E-state index >= 15 is 0 Å². The van der Waals surface area contributed by atoms with Crippen LogP contribution in [0.1, 0.15) is 35.6 Å². The number of aliphatic hydroxyl groups is 1. The molecule has 2 aromatic carbocycles. The van der Waals surface area contributed by atoms with Crippen molar-refractivity contribution >= 4 is 17.4 Å². The number of ketones is 1. The van der Waals surface area contributed by atoms with Gasteiger partial charge >= 0.3 is 0 Å². The Bertz CT molecular complexity index is 1030. The summed E-state index contributed by atoms with van der Waals surface area (Å²) < 4.78 is 11.2. The lowest BCUT2D eigenvalue weighted by Gasteiger charge is -2.27. The molecular formula is C26H27NO5. The number of hydrogen-bond donors (Lipinski definition) is 1. The number of amides is 1. The van der Waals surface area contributed by atoms with E-state index in [2.05, 4.69) is 6.58 Å². The van der Waals surface area contributed by atoms with E-state index in [9.17, 15) is 14.7 Å². The molecule has 2 aromatic rings. The van der Waals surface area contributed by atoms with Crippen molar-refractivity contribution in [3.05, 3.63) is 83.4 Å². The lowest BCUT2D eigenvalue weighted by atomic mass is 9.94. The fourth-order valence-corrected chi connectivity index (χ4v) is 4.19. The molecule has 32 heavy (non-hydrogen) atoms. The Kier molecular flexibility index (Phi) is 6.42. The van der Waals surface area contributed by atoms with E-state index in [1.807, 2.05) is 31.2 Å². The minimum absolute atomic E-state index is 0.0941. The molecule has 2 unspecified atom stereocenters. The summed E-state index contributed by atoms with van der Waals surface area (Å²) in [6.45, 7) is 6.93. The van der Waals surface area contributed by atoms with Crippen LogP contribution in [0.25, 0.3) is 5.76 Å². The largest absolute Gasteiger partial charge is 0.507 e. The normalized spacial score (nSPS) is 22.3. The Balaban J connectivity index is 1.74. The van der Waals surface area contributed by atoms with Crippen LogP contribution in [-0.2, 0) is 14.3 Å². The van der Waals surface area contributed by atoms with Crippen LogP contribution in [0.5, 0.6) is 5.75 Å². The van der Waals surface area contributed by atoms with Crippen LogP contribution in [0.3, 0.4) is 0 Å². The third-order valence-corrected chi connectivity index (χ3v) is 5.85. The zero-order valence-electron chi connectivity index (χ0n) is 18.1. The van der Waals surface area contributed by atoms with E-state index < -0.39 is 17.7 Å². The number of carbonyl (C=O) groups excluding carboxylic acids is 2. The predicted octanol–water partition coefficient (Wildman–Crippen LogP) is 4.16. The third kappa shape index (κ3) is 4.32. The highest BCUT2D eigenvalue weighted by Crippen LogP contribution is 2.40. The summed E-state index contributed by atoms with van der Waals surface area (Å²) >= 11 is 0. The van der Waals surface area contributed by atoms with Gasteiger partial charge in [0.1, 0.15) is 18.1 Å². The van der Waals surface area contributed by atoms with Crippen LogP contribution >= 0.6 is 0 Å². The van der Waals surface area contributed by atoms with Gasteiger partial charge in [-0.05, 0) is 49.6 Å². The van der Waals surface area contributed by atoms with Crippen molar-refractivity contribution in [2.45, 2.75) is 31.9 Å². The average Bonchev–Trinajstić information content (AvgIpc) is 3.41. The molecule has 0 saturated carbocycles. The number of Topliss-reactive ketones (excluding diaryl/α,β-unsaturated/α-hetero) is 1. The molecule has 0 spiro atoms. The minimum Gasteiger partial charge on any atom is -0.507 e. The third-order valence-electron chi connectivity index (χ3n) is 5.85. The van der Waals surface area contributed by atoms with Gasteiger partial charge in [0.25, 0.3) is 11.7 Å². The van der Waals surface area contributed by atoms with Gasteiger partial charge in [0, 0.05) is 18.7 Å². The van der Waals surface area contributed by atoms with Crippen LogP contribution in [0.2, 0.25) is 0 Å². The number of aryl methyl sites for hydroxylation is 1. The van der Waals surface area contributed by atoms with Gasteiger partial charge in [0.2, 0.25) is 0 Å². The number of ether oxygens (including phenoxy) is 2. The first-order valence-electron chi connectivity index (χ1n) is 10.8. The molecule has 2 fully saturated rings. The van der Waals surface area contributed by atoms with E-state index in [1.54, 1.807) is 30.3 Å². The van der Waals surface area contributed by atoms with E-state index in [-0.39, 0.29) is 17.4 Å². The Labute approximate surface area is 187 Å². The summed E-state index contributed by atoms with van der Waals surface area (Å²) in [6, 6.07) is 13.8. The summed E-state index contributed by atoms with van der Waals surface area (Å²) in [7, 11) is 0. The standard InChI is InChI=1S/C26H27NO5/c1-3-14-31-20-12-10-19(11-13-20)24(28)22-23(18-8-6-17(2)7-9-18)27(26(30)25(22)29)16-21-5-4-15-32-21/h3,6-13,21,23,28H,1,4-5,14-16H2,2H3. The maximum Gasteiger partial charge on any atom is 0.295 e. The molecule has 1 N–H and O–H groups in total. The van der Waals surface area contributed by atoms with Crippen molar-refractivity contribution in [1.82, 2.24) is 4.90 Å². The molecule has 4 rings (SSSR count). The van der Waals surface area contributed by atoms with E-state index in [4.69, 9.17) is 9.47 Å². The van der Waals surface area contributed by atoms with Gasteiger partial charge in [-0.15, -0.1) is 0 Å². The molecule has 2 aliphatic rings. The van der Waals surface area contributed by atoms with Crippen LogP contribution < -0.4 is 4.74 Å². The molecule has 2 atom stereocenters. The van der Waals surface area contributed by atoms with Crippen LogP contribution in [0.4, 0.5) is 0 Å². The molecule has 6 nitrogen and oxygen atoms in total. The lowest BCUT2D eigenvalue weighted by Crippen LogP contribution is -2.36. The van der Waals surface area contributed by atoms with E-state index in [0.717, 1.165) is 24.0 Å². The Hall–Kier alpha value is -3.38. The fraction of sp³-hybridized carbons (Fsp3) is 0.308. The first-order chi connectivity index (χ1) is 15.5. The number of benzene rings is 2.